The van der Waals surface area contributed by atoms with Crippen molar-refractivity contribution in [2.24, 2.45) is 24.3 Å². The van der Waals surface area contributed by atoms with Crippen LogP contribution >= 0.6 is 0 Å². The maximum atomic E-state index is 13.5. The standard InChI is InChI=1S/C24H22N6O/c1-15-12-29(23(31)24(15,14-25)19-5-6-19)20-7-8-26-30-13-18(10-22(20)30)16-3-4-17-11-27-28(2)21(17)9-16/h3-4,7-11,13,15,19H,5-6,12H2,1-2H3/t15-,24+/m1/s1. The summed E-state index contributed by atoms with van der Waals surface area (Å²) in [4.78, 5) is 15.3. The van der Waals surface area contributed by atoms with Crippen molar-refractivity contribution in [1.29, 1.82) is 5.26 Å². The molecule has 4 heterocycles. The van der Waals surface area contributed by atoms with Crippen LogP contribution in [-0.2, 0) is 11.8 Å². The molecule has 1 aliphatic heterocycles. The van der Waals surface area contributed by atoms with E-state index in [1.54, 1.807) is 11.1 Å². The predicted molar refractivity (Wildman–Crippen MR) is 117 cm³/mol. The fourth-order valence-electron chi connectivity index (χ4n) is 5.22. The van der Waals surface area contributed by atoms with Gasteiger partial charge in [0.2, 0.25) is 5.91 Å². The largest absolute Gasteiger partial charge is 0.309 e. The summed E-state index contributed by atoms with van der Waals surface area (Å²) in [6.07, 6.45) is 7.50. The number of hydrogen-bond donors (Lipinski definition) is 0. The van der Waals surface area contributed by atoms with Gasteiger partial charge in [-0.15, -0.1) is 0 Å². The van der Waals surface area contributed by atoms with Gasteiger partial charge in [0.05, 0.1) is 29.0 Å². The smallest absolute Gasteiger partial charge is 0.248 e. The SMILES string of the molecule is C[C@@H]1CN(c2ccnn3cc(-c4ccc5cnn(C)c5c4)cc23)C(=O)[C@]1(C#N)C1CC1. The lowest BCUT2D eigenvalue weighted by atomic mass is 9.75. The molecule has 2 aliphatic rings. The van der Waals surface area contributed by atoms with E-state index in [1.165, 1.54) is 0 Å². The Morgan fingerprint density at radius 3 is 2.71 bits per heavy atom. The van der Waals surface area contributed by atoms with Crippen LogP contribution in [0.2, 0.25) is 0 Å². The third kappa shape index (κ3) is 2.42. The summed E-state index contributed by atoms with van der Waals surface area (Å²) in [6, 6.07) is 12.6. The number of aromatic nitrogens is 4. The topological polar surface area (TPSA) is 79.2 Å². The Kier molecular flexibility index (Phi) is 3.61. The van der Waals surface area contributed by atoms with E-state index in [9.17, 15) is 10.1 Å². The molecule has 2 fully saturated rings. The second kappa shape index (κ2) is 6.17. The van der Waals surface area contributed by atoms with Gasteiger partial charge in [-0.2, -0.15) is 15.5 Å². The van der Waals surface area contributed by atoms with Crippen molar-refractivity contribution >= 4 is 28.0 Å². The number of carbonyl (C=O) groups is 1. The minimum Gasteiger partial charge on any atom is -0.309 e. The van der Waals surface area contributed by atoms with E-state index in [0.717, 1.165) is 46.1 Å². The van der Waals surface area contributed by atoms with Gasteiger partial charge in [0.15, 0.2) is 0 Å². The summed E-state index contributed by atoms with van der Waals surface area (Å²) < 4.78 is 3.68. The van der Waals surface area contributed by atoms with Gasteiger partial charge in [0.1, 0.15) is 5.41 Å². The van der Waals surface area contributed by atoms with E-state index in [1.807, 2.05) is 41.6 Å². The molecule has 1 saturated carbocycles. The molecule has 31 heavy (non-hydrogen) atoms. The molecule has 0 N–H and O–H groups in total. The molecule has 1 aromatic carbocycles. The van der Waals surface area contributed by atoms with Gasteiger partial charge in [-0.1, -0.05) is 19.1 Å². The second-order valence-corrected chi connectivity index (χ2v) is 8.89. The fraction of sp³-hybridized carbons (Fsp3) is 0.333. The van der Waals surface area contributed by atoms with E-state index >= 15 is 0 Å². The van der Waals surface area contributed by atoms with E-state index in [4.69, 9.17) is 0 Å². The molecule has 0 spiro atoms. The number of carbonyl (C=O) groups excluding carboxylic acids is 1. The van der Waals surface area contributed by atoms with Gasteiger partial charge in [-0.3, -0.25) is 9.48 Å². The number of benzene rings is 1. The van der Waals surface area contributed by atoms with Crippen molar-refractivity contribution < 1.29 is 4.79 Å². The van der Waals surface area contributed by atoms with Crippen LogP contribution in [0.3, 0.4) is 0 Å². The number of anilines is 1. The summed E-state index contributed by atoms with van der Waals surface area (Å²) in [5.41, 5.74) is 3.95. The monoisotopic (exact) mass is 410 g/mol. The molecule has 4 aromatic rings. The van der Waals surface area contributed by atoms with Crippen molar-refractivity contribution in [3.05, 3.63) is 48.9 Å². The molecule has 1 amide bonds. The molecule has 7 nitrogen and oxygen atoms in total. The van der Waals surface area contributed by atoms with Gasteiger partial charge in [-0.25, -0.2) is 4.52 Å². The van der Waals surface area contributed by atoms with Gasteiger partial charge >= 0.3 is 0 Å². The highest BCUT2D eigenvalue weighted by molar-refractivity contribution is 6.05. The molecule has 3 aromatic heterocycles. The lowest BCUT2D eigenvalue weighted by Gasteiger charge is -2.23. The van der Waals surface area contributed by atoms with Crippen molar-refractivity contribution in [2.75, 3.05) is 11.4 Å². The Balaban J connectivity index is 1.45. The molecule has 154 valence electrons. The molecule has 0 bridgehead atoms. The van der Waals surface area contributed by atoms with Gasteiger partial charge in [0.25, 0.3) is 0 Å². The molecular formula is C24H22N6O. The second-order valence-electron chi connectivity index (χ2n) is 8.89. The molecule has 7 heteroatoms. The van der Waals surface area contributed by atoms with Crippen LogP contribution in [-0.4, -0.2) is 31.8 Å². The van der Waals surface area contributed by atoms with Crippen LogP contribution in [0.5, 0.6) is 0 Å². The van der Waals surface area contributed by atoms with Crippen LogP contribution in [0.4, 0.5) is 5.69 Å². The molecular weight excluding hydrogens is 388 g/mol. The summed E-state index contributed by atoms with van der Waals surface area (Å²) in [5.74, 6) is 0.139. The first-order chi connectivity index (χ1) is 15.0. The maximum Gasteiger partial charge on any atom is 0.248 e. The van der Waals surface area contributed by atoms with Crippen LogP contribution in [0.15, 0.2) is 48.9 Å². The van der Waals surface area contributed by atoms with E-state index in [2.05, 4.69) is 40.5 Å². The number of hydrogen-bond acceptors (Lipinski definition) is 4. The number of nitriles is 1. The van der Waals surface area contributed by atoms with E-state index < -0.39 is 5.41 Å². The zero-order valence-electron chi connectivity index (χ0n) is 17.5. The molecule has 6 rings (SSSR count). The van der Waals surface area contributed by atoms with Crippen LogP contribution in [0.25, 0.3) is 27.5 Å². The first-order valence-corrected chi connectivity index (χ1v) is 10.7. The minimum atomic E-state index is -0.889. The molecule has 1 saturated heterocycles. The van der Waals surface area contributed by atoms with Crippen LogP contribution < -0.4 is 4.90 Å². The van der Waals surface area contributed by atoms with E-state index in [-0.39, 0.29) is 17.7 Å². The summed E-state index contributed by atoms with van der Waals surface area (Å²) in [5, 5.41) is 19.9. The van der Waals surface area contributed by atoms with Crippen molar-refractivity contribution in [3.8, 4) is 17.2 Å². The van der Waals surface area contributed by atoms with Gasteiger partial charge < -0.3 is 4.90 Å². The number of amides is 1. The molecule has 0 unspecified atom stereocenters. The Bertz CT molecular complexity index is 1400. The number of aryl methyl sites for hydroxylation is 1. The lowest BCUT2D eigenvalue weighted by Crippen LogP contribution is -2.37. The third-order valence-corrected chi connectivity index (χ3v) is 7.10. The fourth-order valence-corrected chi connectivity index (χ4v) is 5.22. The first kappa shape index (κ1) is 18.1. The first-order valence-electron chi connectivity index (χ1n) is 10.7. The average molecular weight is 410 g/mol. The molecule has 2 atom stereocenters. The Morgan fingerprint density at radius 2 is 1.94 bits per heavy atom. The average Bonchev–Trinajstić information content (AvgIpc) is 3.34. The van der Waals surface area contributed by atoms with E-state index in [0.29, 0.717) is 6.54 Å². The molecule has 0 radical (unpaired) electrons. The highest BCUT2D eigenvalue weighted by Gasteiger charge is 2.61. The highest BCUT2D eigenvalue weighted by Crippen LogP contribution is 2.54. The van der Waals surface area contributed by atoms with Crippen LogP contribution in [0, 0.1) is 28.6 Å². The normalized spacial score (nSPS) is 23.7. The molecule has 1 aliphatic carbocycles. The lowest BCUT2D eigenvalue weighted by molar-refractivity contribution is -0.124. The Labute approximate surface area is 179 Å². The number of nitrogens with zero attached hydrogens (tertiary/aromatic N) is 6. The Hall–Kier alpha value is -3.66. The quantitative estimate of drug-likeness (QED) is 0.515. The highest BCUT2D eigenvalue weighted by atomic mass is 16.2. The van der Waals surface area contributed by atoms with Gasteiger partial charge in [-0.05, 0) is 42.5 Å². The summed E-state index contributed by atoms with van der Waals surface area (Å²) >= 11 is 0. The van der Waals surface area contributed by atoms with Crippen molar-refractivity contribution in [1.82, 2.24) is 19.4 Å². The summed E-state index contributed by atoms with van der Waals surface area (Å²) in [7, 11) is 1.93. The zero-order valence-corrected chi connectivity index (χ0v) is 17.5. The van der Waals surface area contributed by atoms with Crippen molar-refractivity contribution in [3.63, 3.8) is 0 Å². The van der Waals surface area contributed by atoms with Gasteiger partial charge in [0, 0.05) is 42.9 Å². The van der Waals surface area contributed by atoms with Crippen LogP contribution in [0.1, 0.15) is 19.8 Å². The van der Waals surface area contributed by atoms with Crippen molar-refractivity contribution in [2.45, 2.75) is 19.8 Å². The maximum absolute atomic E-state index is 13.5. The number of fused-ring (bicyclic) bond motifs is 2. The predicted octanol–water partition coefficient (Wildman–Crippen LogP) is 3.79. The summed E-state index contributed by atoms with van der Waals surface area (Å²) in [6.45, 7) is 2.59. The number of rotatable bonds is 3. The minimum absolute atomic E-state index is 0.00685. The zero-order chi connectivity index (χ0) is 21.3. The third-order valence-electron chi connectivity index (χ3n) is 7.10. The Morgan fingerprint density at radius 1 is 1.13 bits per heavy atom.